The van der Waals surface area contributed by atoms with Gasteiger partial charge < -0.3 is 4.57 Å². The fourth-order valence-corrected chi connectivity index (χ4v) is 3.08. The SMILES string of the molecule is C=CCn1c(=NC(=O)C(C)(C)C)sc2cc(CC)ccc21. The van der Waals surface area contributed by atoms with Crippen LogP contribution in [0.5, 0.6) is 0 Å². The zero-order valence-electron chi connectivity index (χ0n) is 13.1. The van der Waals surface area contributed by atoms with Crippen molar-refractivity contribution in [2.24, 2.45) is 10.4 Å². The molecule has 0 saturated carbocycles. The third kappa shape index (κ3) is 3.32. The highest BCUT2D eigenvalue weighted by atomic mass is 32.1. The van der Waals surface area contributed by atoms with Crippen LogP contribution in [0, 0.1) is 5.41 Å². The molecule has 21 heavy (non-hydrogen) atoms. The van der Waals surface area contributed by atoms with Gasteiger partial charge in [-0.15, -0.1) is 6.58 Å². The number of thiazole rings is 1. The molecule has 0 saturated heterocycles. The molecule has 1 heterocycles. The van der Waals surface area contributed by atoms with Gasteiger partial charge in [-0.25, -0.2) is 0 Å². The number of aromatic nitrogens is 1. The van der Waals surface area contributed by atoms with Gasteiger partial charge in [-0.1, -0.05) is 51.2 Å². The Bertz CT molecular complexity index is 744. The number of nitrogens with zero attached hydrogens (tertiary/aromatic N) is 2. The molecule has 2 aromatic rings. The molecule has 0 aliphatic carbocycles. The fourth-order valence-electron chi connectivity index (χ4n) is 1.98. The van der Waals surface area contributed by atoms with Crippen molar-refractivity contribution in [1.82, 2.24) is 4.57 Å². The molecule has 0 atom stereocenters. The van der Waals surface area contributed by atoms with Crippen LogP contribution in [0.1, 0.15) is 33.3 Å². The summed E-state index contributed by atoms with van der Waals surface area (Å²) < 4.78 is 3.22. The predicted molar refractivity (Wildman–Crippen MR) is 89.4 cm³/mol. The number of carbonyl (C=O) groups is 1. The Labute approximate surface area is 129 Å². The standard InChI is InChI=1S/C17H22N2OS/c1-6-10-19-13-9-8-12(7-2)11-14(13)21-16(19)18-15(20)17(3,4)5/h6,8-9,11H,1,7,10H2,2-5H3. The second-order valence-corrected chi connectivity index (χ2v) is 7.12. The number of hydrogen-bond donors (Lipinski definition) is 0. The Morgan fingerprint density at radius 1 is 1.43 bits per heavy atom. The van der Waals surface area contributed by atoms with E-state index in [1.807, 2.05) is 26.8 Å². The van der Waals surface area contributed by atoms with Crippen molar-refractivity contribution in [1.29, 1.82) is 0 Å². The van der Waals surface area contributed by atoms with E-state index in [9.17, 15) is 4.79 Å². The molecule has 0 radical (unpaired) electrons. The highest BCUT2D eigenvalue weighted by molar-refractivity contribution is 7.16. The maximum Gasteiger partial charge on any atom is 0.253 e. The third-order valence-electron chi connectivity index (χ3n) is 3.31. The Balaban J connectivity index is 2.67. The smallest absolute Gasteiger partial charge is 0.253 e. The van der Waals surface area contributed by atoms with Gasteiger partial charge in [-0.2, -0.15) is 4.99 Å². The summed E-state index contributed by atoms with van der Waals surface area (Å²) >= 11 is 1.57. The molecule has 4 heteroatoms. The van der Waals surface area contributed by atoms with Gasteiger partial charge >= 0.3 is 0 Å². The normalized spacial score (nSPS) is 12.9. The first kappa shape index (κ1) is 15.7. The number of amides is 1. The molecule has 112 valence electrons. The van der Waals surface area contributed by atoms with Gasteiger partial charge in [0.15, 0.2) is 4.80 Å². The maximum absolute atomic E-state index is 12.2. The first-order valence-electron chi connectivity index (χ1n) is 7.19. The largest absolute Gasteiger partial charge is 0.313 e. The fraction of sp³-hybridized carbons (Fsp3) is 0.412. The zero-order chi connectivity index (χ0) is 15.6. The molecule has 0 aliphatic heterocycles. The zero-order valence-corrected chi connectivity index (χ0v) is 14.0. The van der Waals surface area contributed by atoms with E-state index < -0.39 is 5.41 Å². The van der Waals surface area contributed by atoms with Gasteiger partial charge in [0, 0.05) is 12.0 Å². The van der Waals surface area contributed by atoms with Crippen molar-refractivity contribution < 1.29 is 4.79 Å². The summed E-state index contributed by atoms with van der Waals surface area (Å²) in [6, 6.07) is 6.42. The van der Waals surface area contributed by atoms with Crippen LogP contribution >= 0.6 is 11.3 Å². The summed E-state index contributed by atoms with van der Waals surface area (Å²) in [5.41, 5.74) is 1.94. The van der Waals surface area contributed by atoms with Gasteiger partial charge in [-0.05, 0) is 24.1 Å². The van der Waals surface area contributed by atoms with E-state index in [0.29, 0.717) is 6.54 Å². The summed E-state index contributed by atoms with van der Waals surface area (Å²) in [5.74, 6) is -0.0948. The van der Waals surface area contributed by atoms with E-state index in [1.165, 1.54) is 5.56 Å². The molecule has 0 bridgehead atoms. The molecule has 0 N–H and O–H groups in total. The average Bonchev–Trinajstić information content (AvgIpc) is 2.75. The third-order valence-corrected chi connectivity index (χ3v) is 4.35. The summed E-state index contributed by atoms with van der Waals surface area (Å²) in [7, 11) is 0. The summed E-state index contributed by atoms with van der Waals surface area (Å²) in [6.07, 6.45) is 2.84. The van der Waals surface area contributed by atoms with E-state index in [-0.39, 0.29) is 5.91 Å². The molecule has 1 amide bonds. The van der Waals surface area contributed by atoms with Gasteiger partial charge in [0.05, 0.1) is 10.2 Å². The van der Waals surface area contributed by atoms with Gasteiger partial charge in [0.1, 0.15) is 0 Å². The number of carbonyl (C=O) groups excluding carboxylic acids is 1. The van der Waals surface area contributed by atoms with E-state index in [4.69, 9.17) is 0 Å². The maximum atomic E-state index is 12.2. The molecule has 0 aliphatic rings. The summed E-state index contributed by atoms with van der Waals surface area (Å²) in [4.78, 5) is 17.3. The van der Waals surface area contributed by atoms with Crippen molar-refractivity contribution in [3.05, 3.63) is 41.2 Å². The lowest BCUT2D eigenvalue weighted by Crippen LogP contribution is -2.23. The number of fused-ring (bicyclic) bond motifs is 1. The van der Waals surface area contributed by atoms with Crippen LogP contribution in [-0.2, 0) is 17.8 Å². The van der Waals surface area contributed by atoms with Gasteiger partial charge in [-0.3, -0.25) is 4.79 Å². The lowest BCUT2D eigenvalue weighted by molar-refractivity contribution is -0.125. The molecule has 0 unspecified atom stereocenters. The van der Waals surface area contributed by atoms with Crippen molar-refractivity contribution >= 4 is 27.5 Å². The molecular formula is C17H22N2OS. The molecule has 1 aromatic heterocycles. The first-order valence-corrected chi connectivity index (χ1v) is 8.00. The average molecular weight is 302 g/mol. The Hall–Kier alpha value is -1.68. The number of benzene rings is 1. The first-order chi connectivity index (χ1) is 9.86. The quantitative estimate of drug-likeness (QED) is 0.791. The van der Waals surface area contributed by atoms with Crippen molar-refractivity contribution in [2.75, 3.05) is 0 Å². The number of aryl methyl sites for hydroxylation is 1. The summed E-state index contributed by atoms with van der Waals surface area (Å²) in [5, 5.41) is 0. The molecule has 2 rings (SSSR count). The van der Waals surface area contributed by atoms with Gasteiger partial charge in [0.2, 0.25) is 0 Å². The molecule has 1 aromatic carbocycles. The number of rotatable bonds is 3. The van der Waals surface area contributed by atoms with Crippen LogP contribution in [-0.4, -0.2) is 10.5 Å². The van der Waals surface area contributed by atoms with E-state index in [1.54, 1.807) is 11.3 Å². The minimum atomic E-state index is -0.462. The lowest BCUT2D eigenvalue weighted by atomic mass is 9.96. The topological polar surface area (TPSA) is 34.4 Å². The van der Waals surface area contributed by atoms with Crippen LogP contribution in [0.15, 0.2) is 35.8 Å². The van der Waals surface area contributed by atoms with E-state index in [2.05, 4.69) is 41.3 Å². The minimum absolute atomic E-state index is 0.0948. The second-order valence-electron chi connectivity index (χ2n) is 6.11. The van der Waals surface area contributed by atoms with Crippen LogP contribution < -0.4 is 4.80 Å². The van der Waals surface area contributed by atoms with Crippen LogP contribution in [0.4, 0.5) is 0 Å². The van der Waals surface area contributed by atoms with Crippen molar-refractivity contribution in [2.45, 2.75) is 40.7 Å². The van der Waals surface area contributed by atoms with E-state index in [0.717, 1.165) is 21.4 Å². The highest BCUT2D eigenvalue weighted by Gasteiger charge is 2.21. The van der Waals surface area contributed by atoms with Crippen molar-refractivity contribution in [3.63, 3.8) is 0 Å². The van der Waals surface area contributed by atoms with Gasteiger partial charge in [0.25, 0.3) is 5.91 Å². The summed E-state index contributed by atoms with van der Waals surface area (Å²) in [6.45, 7) is 12.3. The highest BCUT2D eigenvalue weighted by Crippen LogP contribution is 2.21. The Morgan fingerprint density at radius 2 is 2.14 bits per heavy atom. The Kier molecular flexibility index (Phi) is 4.47. The molecule has 3 nitrogen and oxygen atoms in total. The monoisotopic (exact) mass is 302 g/mol. The molecular weight excluding hydrogens is 280 g/mol. The minimum Gasteiger partial charge on any atom is -0.313 e. The number of hydrogen-bond acceptors (Lipinski definition) is 2. The van der Waals surface area contributed by atoms with Crippen LogP contribution in [0.2, 0.25) is 0 Å². The van der Waals surface area contributed by atoms with Crippen LogP contribution in [0.25, 0.3) is 10.2 Å². The number of allylic oxidation sites excluding steroid dienone is 1. The Morgan fingerprint density at radius 3 is 2.71 bits per heavy atom. The van der Waals surface area contributed by atoms with Crippen molar-refractivity contribution in [3.8, 4) is 0 Å². The second kappa shape index (κ2) is 5.98. The lowest BCUT2D eigenvalue weighted by Gasteiger charge is -2.11. The van der Waals surface area contributed by atoms with E-state index >= 15 is 0 Å². The van der Waals surface area contributed by atoms with Crippen LogP contribution in [0.3, 0.4) is 0 Å². The molecule has 0 spiro atoms. The predicted octanol–water partition coefficient (Wildman–Crippen LogP) is 3.92. The molecule has 0 fully saturated rings.